The normalized spacial score (nSPS) is 17.2. The molecule has 3 aromatic heterocycles. The first-order chi connectivity index (χ1) is 18.8. The molecule has 0 bridgehead atoms. The zero-order chi connectivity index (χ0) is 27.1. The maximum absolute atomic E-state index is 13.0. The van der Waals surface area contributed by atoms with Crippen LogP contribution in [0.15, 0.2) is 42.7 Å². The molecule has 2 aliphatic rings. The van der Waals surface area contributed by atoms with Gasteiger partial charge in [-0.3, -0.25) is 10.00 Å². The van der Waals surface area contributed by atoms with E-state index in [4.69, 9.17) is 0 Å². The summed E-state index contributed by atoms with van der Waals surface area (Å²) >= 11 is 0. The van der Waals surface area contributed by atoms with Crippen LogP contribution in [0.2, 0.25) is 0 Å². The van der Waals surface area contributed by atoms with Gasteiger partial charge in [-0.25, -0.2) is 0 Å². The summed E-state index contributed by atoms with van der Waals surface area (Å²) < 4.78 is 43.2. The molecule has 6 rings (SSSR count). The average molecular weight is 535 g/mol. The number of aryl methyl sites for hydroxylation is 2. The molecule has 2 fully saturated rings. The van der Waals surface area contributed by atoms with Crippen molar-refractivity contribution in [2.75, 3.05) is 13.1 Å². The molecule has 4 aromatic rings. The Hall–Kier alpha value is -3.51. The molecule has 6 nitrogen and oxygen atoms in total. The monoisotopic (exact) mass is 534 g/mol. The lowest BCUT2D eigenvalue weighted by Gasteiger charge is -2.35. The topological polar surface area (TPSA) is 65.6 Å². The van der Waals surface area contributed by atoms with Crippen LogP contribution in [0.3, 0.4) is 0 Å². The van der Waals surface area contributed by atoms with Crippen LogP contribution in [-0.2, 0) is 19.5 Å². The molecular formula is C30H33F3N6. The van der Waals surface area contributed by atoms with Crippen molar-refractivity contribution in [3.05, 3.63) is 76.5 Å². The van der Waals surface area contributed by atoms with E-state index in [9.17, 15) is 18.4 Å². The molecule has 1 saturated carbocycles. The number of piperidine rings is 1. The SMILES string of the molecule is Cc1c(CN2CCC(n3c(CCC(F)(F)F)ccc3C3CC3)CC2)ccc2c1cc(C#N)n2Cc1cn[nH]c1. The molecule has 9 heteroatoms. The van der Waals surface area contributed by atoms with Crippen molar-refractivity contribution in [3.63, 3.8) is 0 Å². The third-order valence-corrected chi connectivity index (χ3v) is 8.49. The molecule has 1 aliphatic heterocycles. The molecule has 0 unspecified atom stereocenters. The summed E-state index contributed by atoms with van der Waals surface area (Å²) in [5, 5.41) is 17.7. The molecule has 0 spiro atoms. The molecule has 0 radical (unpaired) electrons. The molecule has 0 atom stereocenters. The summed E-state index contributed by atoms with van der Waals surface area (Å²) in [4.78, 5) is 2.45. The van der Waals surface area contributed by atoms with Gasteiger partial charge in [0.15, 0.2) is 0 Å². The Kier molecular flexibility index (Phi) is 6.76. The van der Waals surface area contributed by atoms with E-state index in [0.29, 0.717) is 18.2 Å². The number of aromatic nitrogens is 4. The first-order valence-electron chi connectivity index (χ1n) is 13.8. The van der Waals surface area contributed by atoms with Gasteiger partial charge in [0.25, 0.3) is 0 Å². The fourth-order valence-electron chi connectivity index (χ4n) is 6.22. The van der Waals surface area contributed by atoms with Crippen LogP contribution in [0.1, 0.15) is 77.8 Å². The van der Waals surface area contributed by atoms with Gasteiger partial charge >= 0.3 is 6.18 Å². The number of alkyl halides is 3. The van der Waals surface area contributed by atoms with E-state index >= 15 is 0 Å². The van der Waals surface area contributed by atoms with Crippen LogP contribution >= 0.6 is 0 Å². The Bertz CT molecular complexity index is 1490. The smallest absolute Gasteiger partial charge is 0.345 e. The largest absolute Gasteiger partial charge is 0.389 e. The Morgan fingerprint density at radius 1 is 1.08 bits per heavy atom. The highest BCUT2D eigenvalue weighted by molar-refractivity contribution is 5.86. The van der Waals surface area contributed by atoms with Crippen molar-refractivity contribution in [2.24, 2.45) is 0 Å². The number of likely N-dealkylation sites (tertiary alicyclic amines) is 1. The minimum Gasteiger partial charge on any atom is -0.345 e. The van der Waals surface area contributed by atoms with Crippen LogP contribution in [0.25, 0.3) is 10.9 Å². The van der Waals surface area contributed by atoms with Gasteiger partial charge in [-0.05, 0) is 80.3 Å². The third-order valence-electron chi connectivity index (χ3n) is 8.49. The van der Waals surface area contributed by atoms with E-state index in [0.717, 1.165) is 67.5 Å². The molecule has 1 saturated heterocycles. The quantitative estimate of drug-likeness (QED) is 0.277. The van der Waals surface area contributed by atoms with Crippen molar-refractivity contribution < 1.29 is 13.2 Å². The summed E-state index contributed by atoms with van der Waals surface area (Å²) in [6.07, 6.45) is 2.94. The van der Waals surface area contributed by atoms with Gasteiger partial charge in [0.2, 0.25) is 0 Å². The maximum atomic E-state index is 13.0. The predicted molar refractivity (Wildman–Crippen MR) is 143 cm³/mol. The van der Waals surface area contributed by atoms with Crippen molar-refractivity contribution in [2.45, 2.75) is 76.7 Å². The van der Waals surface area contributed by atoms with Crippen LogP contribution < -0.4 is 0 Å². The number of nitrogens with one attached hydrogen (secondary N) is 1. The fraction of sp³-hybridized carbons (Fsp3) is 0.467. The number of aromatic amines is 1. The minimum absolute atomic E-state index is 0.0561. The second-order valence-electron chi connectivity index (χ2n) is 11.1. The number of hydrogen-bond donors (Lipinski definition) is 1. The number of fused-ring (bicyclic) bond motifs is 1. The Balaban J connectivity index is 1.16. The van der Waals surface area contributed by atoms with Crippen molar-refractivity contribution in [1.29, 1.82) is 5.26 Å². The predicted octanol–water partition coefficient (Wildman–Crippen LogP) is 6.60. The molecule has 1 aliphatic carbocycles. The Labute approximate surface area is 226 Å². The number of nitriles is 1. The zero-order valence-corrected chi connectivity index (χ0v) is 22.1. The summed E-state index contributed by atoms with van der Waals surface area (Å²) in [6.45, 7) is 5.36. The number of hydrogen-bond acceptors (Lipinski definition) is 3. The number of benzene rings is 1. The summed E-state index contributed by atoms with van der Waals surface area (Å²) in [7, 11) is 0. The molecular weight excluding hydrogens is 501 g/mol. The van der Waals surface area contributed by atoms with Crippen LogP contribution in [-0.4, -0.2) is 43.5 Å². The van der Waals surface area contributed by atoms with Gasteiger partial charge in [0, 0.05) is 66.1 Å². The van der Waals surface area contributed by atoms with E-state index in [1.807, 2.05) is 22.9 Å². The van der Waals surface area contributed by atoms with E-state index in [1.165, 1.54) is 16.8 Å². The van der Waals surface area contributed by atoms with Crippen molar-refractivity contribution >= 4 is 10.9 Å². The van der Waals surface area contributed by atoms with Crippen molar-refractivity contribution in [3.8, 4) is 6.07 Å². The highest BCUT2D eigenvalue weighted by Gasteiger charge is 2.33. The Morgan fingerprint density at radius 3 is 2.54 bits per heavy atom. The lowest BCUT2D eigenvalue weighted by Crippen LogP contribution is -2.35. The summed E-state index contributed by atoms with van der Waals surface area (Å²) in [6, 6.07) is 12.9. The van der Waals surface area contributed by atoms with Gasteiger partial charge < -0.3 is 9.13 Å². The maximum Gasteiger partial charge on any atom is 0.389 e. The van der Waals surface area contributed by atoms with Crippen LogP contribution in [0.4, 0.5) is 13.2 Å². The number of rotatable bonds is 8. The zero-order valence-electron chi connectivity index (χ0n) is 22.1. The van der Waals surface area contributed by atoms with Gasteiger partial charge in [0.1, 0.15) is 11.8 Å². The third kappa shape index (κ3) is 5.35. The highest BCUT2D eigenvalue weighted by atomic mass is 19.4. The molecule has 39 heavy (non-hydrogen) atoms. The number of nitrogens with zero attached hydrogens (tertiary/aromatic N) is 5. The van der Waals surface area contributed by atoms with E-state index in [1.54, 1.807) is 6.20 Å². The van der Waals surface area contributed by atoms with Crippen LogP contribution in [0.5, 0.6) is 0 Å². The number of halogens is 3. The number of H-pyrrole nitrogens is 1. The molecule has 204 valence electrons. The Morgan fingerprint density at radius 2 is 1.87 bits per heavy atom. The second-order valence-corrected chi connectivity index (χ2v) is 11.1. The first-order valence-corrected chi connectivity index (χ1v) is 13.8. The fourth-order valence-corrected chi connectivity index (χ4v) is 6.22. The van der Waals surface area contributed by atoms with E-state index < -0.39 is 12.6 Å². The minimum atomic E-state index is -4.13. The van der Waals surface area contributed by atoms with Gasteiger partial charge in [-0.15, -0.1) is 0 Å². The molecule has 1 N–H and O–H groups in total. The highest BCUT2D eigenvalue weighted by Crippen LogP contribution is 2.43. The molecule has 1 aromatic carbocycles. The first kappa shape index (κ1) is 25.8. The summed E-state index contributed by atoms with van der Waals surface area (Å²) in [5.74, 6) is 0.510. The standard InChI is InChI=1S/C30H33F3N6/c1-20-23(4-6-29-27(20)14-26(15-34)38(29)18-21-16-35-36-17-21)19-37-12-9-25(10-13-37)39-24(8-11-30(31,32)33)5-7-28(39)22-2-3-22/h4-7,14,16-17,22,25H,2-3,8-13,18-19H2,1H3,(H,35,36). The molecule has 4 heterocycles. The lowest BCUT2D eigenvalue weighted by molar-refractivity contribution is -0.134. The summed E-state index contributed by atoms with van der Waals surface area (Å²) in [5.41, 5.74) is 7.19. The molecule has 0 amide bonds. The van der Waals surface area contributed by atoms with Crippen molar-refractivity contribution in [1.82, 2.24) is 24.2 Å². The van der Waals surface area contributed by atoms with E-state index in [-0.39, 0.29) is 12.5 Å². The van der Waals surface area contributed by atoms with Crippen LogP contribution in [0, 0.1) is 18.3 Å². The van der Waals surface area contributed by atoms with Gasteiger partial charge in [-0.2, -0.15) is 23.5 Å². The van der Waals surface area contributed by atoms with E-state index in [2.05, 4.69) is 50.9 Å². The van der Waals surface area contributed by atoms with Gasteiger partial charge in [-0.1, -0.05) is 6.07 Å². The second kappa shape index (κ2) is 10.2. The van der Waals surface area contributed by atoms with Gasteiger partial charge in [0.05, 0.1) is 12.7 Å². The average Bonchev–Trinajstić information content (AvgIpc) is 3.31. The lowest BCUT2D eigenvalue weighted by atomic mass is 10.00.